The van der Waals surface area contributed by atoms with E-state index in [1.165, 1.54) is 0 Å². The Morgan fingerprint density at radius 3 is 2.71 bits per heavy atom. The third kappa shape index (κ3) is 3.62. The van der Waals surface area contributed by atoms with Crippen LogP contribution < -0.4 is 0 Å². The molecule has 1 amide bonds. The molecule has 3 rings (SSSR count). The molecular formula is C15H23N3O2S. The number of β-amino-alcohol motifs (C(OH)–C–C–N with tert-alkyl or cyclic N) is 1. The van der Waals surface area contributed by atoms with E-state index < -0.39 is 0 Å². The highest BCUT2D eigenvalue weighted by molar-refractivity contribution is 7.09. The summed E-state index contributed by atoms with van der Waals surface area (Å²) in [4.78, 5) is 21.1. The molecule has 1 N–H and O–H groups in total. The topological polar surface area (TPSA) is 56.7 Å². The SMILES string of the molecule is Cc1nc(CN2CCC(C(=O)N3CC[C@@H](O)C3)CC2)cs1. The van der Waals surface area contributed by atoms with Gasteiger partial charge in [0.05, 0.1) is 16.8 Å². The second-order valence-electron chi connectivity index (χ2n) is 6.14. The van der Waals surface area contributed by atoms with Crippen LogP contribution in [0.2, 0.25) is 0 Å². The molecular weight excluding hydrogens is 286 g/mol. The molecule has 0 saturated carbocycles. The van der Waals surface area contributed by atoms with Gasteiger partial charge in [0.25, 0.3) is 0 Å². The van der Waals surface area contributed by atoms with Gasteiger partial charge in [0.2, 0.25) is 5.91 Å². The van der Waals surface area contributed by atoms with Gasteiger partial charge in [-0.2, -0.15) is 0 Å². The average Bonchev–Trinajstić information content (AvgIpc) is 3.08. The van der Waals surface area contributed by atoms with E-state index in [9.17, 15) is 9.90 Å². The number of carbonyl (C=O) groups excluding carboxylic acids is 1. The lowest BCUT2D eigenvalue weighted by molar-refractivity contribution is -0.136. The molecule has 116 valence electrons. The summed E-state index contributed by atoms with van der Waals surface area (Å²) in [5, 5.41) is 12.8. The first kappa shape index (κ1) is 14.9. The van der Waals surface area contributed by atoms with Crippen LogP contribution in [-0.2, 0) is 11.3 Å². The minimum Gasteiger partial charge on any atom is -0.391 e. The number of aliphatic hydroxyl groups is 1. The number of nitrogens with zero attached hydrogens (tertiary/aromatic N) is 3. The fourth-order valence-corrected chi connectivity index (χ4v) is 3.85. The molecule has 21 heavy (non-hydrogen) atoms. The predicted octanol–water partition coefficient (Wildman–Crippen LogP) is 1.26. The summed E-state index contributed by atoms with van der Waals surface area (Å²) in [5.41, 5.74) is 1.14. The first-order valence-corrected chi connectivity index (χ1v) is 8.60. The van der Waals surface area contributed by atoms with Crippen LogP contribution in [-0.4, -0.2) is 58.1 Å². The molecule has 2 saturated heterocycles. The first-order chi connectivity index (χ1) is 10.1. The Labute approximate surface area is 129 Å². The van der Waals surface area contributed by atoms with Gasteiger partial charge in [-0.1, -0.05) is 0 Å². The number of hydrogen-bond acceptors (Lipinski definition) is 5. The van der Waals surface area contributed by atoms with Gasteiger partial charge in [0.15, 0.2) is 0 Å². The van der Waals surface area contributed by atoms with Crippen LogP contribution in [0.4, 0.5) is 0 Å². The minimum atomic E-state index is -0.318. The lowest BCUT2D eigenvalue weighted by Gasteiger charge is -2.32. The number of aliphatic hydroxyl groups excluding tert-OH is 1. The summed E-state index contributed by atoms with van der Waals surface area (Å²) >= 11 is 1.69. The molecule has 3 heterocycles. The van der Waals surface area contributed by atoms with Crippen LogP contribution in [0.5, 0.6) is 0 Å². The minimum absolute atomic E-state index is 0.142. The molecule has 0 aliphatic carbocycles. The first-order valence-electron chi connectivity index (χ1n) is 7.72. The number of likely N-dealkylation sites (tertiary alicyclic amines) is 2. The molecule has 0 spiro atoms. The monoisotopic (exact) mass is 309 g/mol. The molecule has 1 aromatic rings. The fraction of sp³-hybridized carbons (Fsp3) is 0.733. The quantitative estimate of drug-likeness (QED) is 0.913. The summed E-state index contributed by atoms with van der Waals surface area (Å²) in [5.74, 6) is 0.388. The predicted molar refractivity (Wildman–Crippen MR) is 82.1 cm³/mol. The smallest absolute Gasteiger partial charge is 0.225 e. The highest BCUT2D eigenvalue weighted by atomic mass is 32.1. The molecule has 2 aliphatic heterocycles. The van der Waals surface area contributed by atoms with E-state index in [1.807, 2.05) is 11.8 Å². The molecule has 1 aromatic heterocycles. The van der Waals surface area contributed by atoms with Gasteiger partial charge >= 0.3 is 0 Å². The van der Waals surface area contributed by atoms with Gasteiger partial charge in [0, 0.05) is 30.9 Å². The molecule has 2 aliphatic rings. The zero-order chi connectivity index (χ0) is 14.8. The van der Waals surface area contributed by atoms with E-state index in [0.717, 1.165) is 56.1 Å². The van der Waals surface area contributed by atoms with E-state index in [2.05, 4.69) is 15.3 Å². The lowest BCUT2D eigenvalue weighted by Crippen LogP contribution is -2.41. The van der Waals surface area contributed by atoms with Crippen molar-refractivity contribution in [3.63, 3.8) is 0 Å². The van der Waals surface area contributed by atoms with Crippen molar-refractivity contribution in [2.24, 2.45) is 5.92 Å². The van der Waals surface area contributed by atoms with Gasteiger partial charge in [0.1, 0.15) is 0 Å². The summed E-state index contributed by atoms with van der Waals surface area (Å²) in [6.45, 7) is 6.10. The highest BCUT2D eigenvalue weighted by Crippen LogP contribution is 2.23. The van der Waals surface area contributed by atoms with Crippen LogP contribution in [0.25, 0.3) is 0 Å². The number of aryl methyl sites for hydroxylation is 1. The molecule has 1 atom stereocenters. The summed E-state index contributed by atoms with van der Waals surface area (Å²) in [6.07, 6.45) is 2.26. The van der Waals surface area contributed by atoms with Crippen LogP contribution in [0.3, 0.4) is 0 Å². The Kier molecular flexibility index (Phi) is 4.57. The van der Waals surface area contributed by atoms with Crippen molar-refractivity contribution in [3.8, 4) is 0 Å². The van der Waals surface area contributed by atoms with Gasteiger partial charge in [-0.3, -0.25) is 9.69 Å². The zero-order valence-electron chi connectivity index (χ0n) is 12.5. The third-order valence-corrected chi connectivity index (χ3v) is 5.29. The van der Waals surface area contributed by atoms with Crippen molar-refractivity contribution in [3.05, 3.63) is 16.1 Å². The number of thiazole rings is 1. The third-order valence-electron chi connectivity index (χ3n) is 4.46. The van der Waals surface area contributed by atoms with Crippen molar-refractivity contribution in [2.45, 2.75) is 38.8 Å². The number of piperidine rings is 1. The lowest BCUT2D eigenvalue weighted by atomic mass is 9.95. The maximum Gasteiger partial charge on any atom is 0.225 e. The molecule has 0 aromatic carbocycles. The van der Waals surface area contributed by atoms with Crippen LogP contribution in [0.15, 0.2) is 5.38 Å². The second kappa shape index (κ2) is 6.42. The van der Waals surface area contributed by atoms with Gasteiger partial charge in [-0.15, -0.1) is 11.3 Å². The Balaban J connectivity index is 1.47. The number of hydrogen-bond donors (Lipinski definition) is 1. The van der Waals surface area contributed by atoms with Crippen molar-refractivity contribution in [1.82, 2.24) is 14.8 Å². The van der Waals surface area contributed by atoms with Crippen LogP contribution in [0.1, 0.15) is 30.0 Å². The Bertz CT molecular complexity index is 497. The summed E-state index contributed by atoms with van der Waals surface area (Å²) in [7, 11) is 0. The van der Waals surface area contributed by atoms with Crippen LogP contribution >= 0.6 is 11.3 Å². The molecule has 6 heteroatoms. The molecule has 2 fully saturated rings. The number of carbonyl (C=O) groups is 1. The van der Waals surface area contributed by atoms with Gasteiger partial charge in [-0.05, 0) is 39.3 Å². The maximum absolute atomic E-state index is 12.4. The molecule has 0 bridgehead atoms. The normalized spacial score (nSPS) is 24.7. The maximum atomic E-state index is 12.4. The summed E-state index contributed by atoms with van der Waals surface area (Å²) in [6, 6.07) is 0. The van der Waals surface area contributed by atoms with Crippen LogP contribution in [0, 0.1) is 12.8 Å². The van der Waals surface area contributed by atoms with Crippen molar-refractivity contribution in [1.29, 1.82) is 0 Å². The number of aromatic nitrogens is 1. The van der Waals surface area contributed by atoms with E-state index in [-0.39, 0.29) is 17.9 Å². The van der Waals surface area contributed by atoms with E-state index in [4.69, 9.17) is 0 Å². The Hall–Kier alpha value is -0.980. The van der Waals surface area contributed by atoms with E-state index in [1.54, 1.807) is 11.3 Å². The number of rotatable bonds is 3. The molecule has 0 radical (unpaired) electrons. The molecule has 5 nitrogen and oxygen atoms in total. The van der Waals surface area contributed by atoms with Crippen molar-refractivity contribution < 1.29 is 9.90 Å². The van der Waals surface area contributed by atoms with Crippen molar-refractivity contribution in [2.75, 3.05) is 26.2 Å². The van der Waals surface area contributed by atoms with Gasteiger partial charge < -0.3 is 10.0 Å². The standard InChI is InChI=1S/C15H23N3O2S/c1-11-16-13(10-21-11)8-17-5-2-12(3-6-17)15(20)18-7-4-14(19)9-18/h10,12,14,19H,2-9H2,1H3/t14-/m1/s1. The van der Waals surface area contributed by atoms with E-state index in [0.29, 0.717) is 6.54 Å². The van der Waals surface area contributed by atoms with E-state index >= 15 is 0 Å². The average molecular weight is 309 g/mol. The largest absolute Gasteiger partial charge is 0.391 e. The highest BCUT2D eigenvalue weighted by Gasteiger charge is 2.32. The Morgan fingerprint density at radius 2 is 2.14 bits per heavy atom. The zero-order valence-corrected chi connectivity index (χ0v) is 13.3. The molecule has 0 unspecified atom stereocenters. The van der Waals surface area contributed by atoms with Gasteiger partial charge in [-0.25, -0.2) is 4.98 Å². The van der Waals surface area contributed by atoms with Crippen molar-refractivity contribution >= 4 is 17.2 Å². The Morgan fingerprint density at radius 1 is 1.38 bits per heavy atom. The summed E-state index contributed by atoms with van der Waals surface area (Å²) < 4.78 is 0. The number of amides is 1. The second-order valence-corrected chi connectivity index (χ2v) is 7.20. The fourth-order valence-electron chi connectivity index (χ4n) is 3.25.